The van der Waals surface area contributed by atoms with Crippen molar-refractivity contribution in [3.63, 3.8) is 0 Å². The number of halogens is 1. The molecule has 1 saturated heterocycles. The molecule has 1 aromatic rings. The largest absolute Gasteiger partial charge is 0.495 e. The third-order valence-corrected chi connectivity index (χ3v) is 7.66. The maximum Gasteiger partial charge on any atom is 0.137 e. The molecule has 3 atom stereocenters. The first-order chi connectivity index (χ1) is 17.7. The quantitative estimate of drug-likeness (QED) is 0.200. The lowest BCUT2D eigenvalue weighted by molar-refractivity contribution is -0.00141. The van der Waals surface area contributed by atoms with Crippen LogP contribution in [0, 0.1) is 0 Å². The highest BCUT2D eigenvalue weighted by atomic mass is 35.5. The summed E-state index contributed by atoms with van der Waals surface area (Å²) in [4.78, 5) is 2.53. The molecule has 3 unspecified atom stereocenters. The minimum atomic E-state index is -0.955. The van der Waals surface area contributed by atoms with E-state index in [2.05, 4.69) is 38.3 Å². The molecule has 1 fully saturated rings. The predicted octanol–water partition coefficient (Wildman–Crippen LogP) is 7.33. The second kappa shape index (κ2) is 17.1. The average Bonchev–Trinajstić information content (AvgIpc) is 3.25. The number of hydrogen-bond acceptors (Lipinski definition) is 5. The number of nitrogens with zero attached hydrogens (tertiary/aromatic N) is 1. The minimum Gasteiger partial charge on any atom is -0.495 e. The molecule has 5 nitrogen and oxygen atoms in total. The molecule has 0 radical (unpaired) electrons. The molecule has 1 aliphatic heterocycles. The van der Waals surface area contributed by atoms with Gasteiger partial charge in [-0.25, -0.2) is 0 Å². The van der Waals surface area contributed by atoms with Crippen LogP contribution < -0.4 is 4.74 Å². The first-order valence-electron chi connectivity index (χ1n) is 13.6. The van der Waals surface area contributed by atoms with E-state index in [-0.39, 0.29) is 6.04 Å². The Balaban J connectivity index is 0.00000334. The van der Waals surface area contributed by atoms with Gasteiger partial charge in [0.05, 0.1) is 37.6 Å². The summed E-state index contributed by atoms with van der Waals surface area (Å²) < 4.78 is 16.2. The lowest BCUT2D eigenvalue weighted by atomic mass is 9.84. The summed E-state index contributed by atoms with van der Waals surface area (Å²) in [6.45, 7) is 19.1. The highest BCUT2D eigenvalue weighted by Gasteiger charge is 2.38. The number of likely N-dealkylation sites (tertiary alicyclic amines) is 1. The van der Waals surface area contributed by atoms with E-state index < -0.39 is 5.60 Å². The van der Waals surface area contributed by atoms with Crippen LogP contribution in [0.25, 0.3) is 0 Å². The van der Waals surface area contributed by atoms with Crippen LogP contribution in [0.3, 0.4) is 0 Å². The molecule has 1 aliphatic rings. The summed E-state index contributed by atoms with van der Waals surface area (Å²) in [6.07, 6.45) is 7.39. The average molecular weight is 536 g/mol. The molecule has 0 amide bonds. The van der Waals surface area contributed by atoms with Crippen molar-refractivity contribution in [3.05, 3.63) is 64.2 Å². The third kappa shape index (κ3) is 9.56. The van der Waals surface area contributed by atoms with Gasteiger partial charge in [0.1, 0.15) is 5.75 Å². The van der Waals surface area contributed by atoms with Crippen LogP contribution in [0.1, 0.15) is 72.8 Å². The fraction of sp³-hybridized carbons (Fsp3) is 0.613. The van der Waals surface area contributed by atoms with E-state index in [1.54, 1.807) is 14.2 Å². The van der Waals surface area contributed by atoms with Gasteiger partial charge in [-0.05, 0) is 80.9 Å². The molecule has 0 aromatic heterocycles. The van der Waals surface area contributed by atoms with Crippen molar-refractivity contribution < 1.29 is 19.3 Å². The van der Waals surface area contributed by atoms with Gasteiger partial charge in [-0.1, -0.05) is 57.2 Å². The molecule has 0 bridgehead atoms. The summed E-state index contributed by atoms with van der Waals surface area (Å²) in [6, 6.07) is 6.29. The Morgan fingerprint density at radius 2 is 1.92 bits per heavy atom. The van der Waals surface area contributed by atoms with Crippen LogP contribution >= 0.6 is 11.6 Å². The van der Waals surface area contributed by atoms with E-state index in [4.69, 9.17) is 25.8 Å². The van der Waals surface area contributed by atoms with Crippen molar-refractivity contribution in [2.75, 3.05) is 40.6 Å². The van der Waals surface area contributed by atoms with Gasteiger partial charge in [-0.3, -0.25) is 4.90 Å². The monoisotopic (exact) mass is 535 g/mol. The summed E-state index contributed by atoms with van der Waals surface area (Å²) in [5.41, 5.74) is 3.56. The molecular formula is C31H50ClNO4. The summed E-state index contributed by atoms with van der Waals surface area (Å²) in [5.74, 6) is 0.591. The van der Waals surface area contributed by atoms with Gasteiger partial charge in [0.15, 0.2) is 0 Å². The van der Waals surface area contributed by atoms with E-state index in [1.807, 2.05) is 45.0 Å². The fourth-order valence-electron chi connectivity index (χ4n) is 4.82. The van der Waals surface area contributed by atoms with E-state index in [9.17, 15) is 5.11 Å². The van der Waals surface area contributed by atoms with Gasteiger partial charge in [-0.15, -0.1) is 0 Å². The number of hydrogen-bond donors (Lipinski definition) is 1. The zero-order chi connectivity index (χ0) is 28.0. The van der Waals surface area contributed by atoms with Crippen molar-refractivity contribution in [2.24, 2.45) is 0 Å². The molecule has 0 aliphatic carbocycles. The van der Waals surface area contributed by atoms with Crippen LogP contribution in [-0.2, 0) is 15.1 Å². The smallest absolute Gasteiger partial charge is 0.137 e. The standard InChI is InChI=1S/C29H44ClNO4.C2H6/c1-8-10-24(23(5)21(3)20-35-16-15-33-6)19-31-22(4)11-13-26(31)18-29(32,9-2)25-12-14-27(30)28(17-25)34-7;1-2/h8,10,12,14,17,22,26,32H,1,9,11,13,15-16,18-20H2,2-7H3;1-2H3/b23-21-,24-10-;. The number of aliphatic hydroxyl groups is 1. The lowest BCUT2D eigenvalue weighted by Crippen LogP contribution is -2.41. The molecule has 1 aromatic carbocycles. The van der Waals surface area contributed by atoms with Gasteiger partial charge in [0, 0.05) is 25.7 Å². The van der Waals surface area contributed by atoms with E-state index in [0.29, 0.717) is 49.5 Å². The molecular weight excluding hydrogens is 486 g/mol. The molecule has 1 heterocycles. The van der Waals surface area contributed by atoms with Gasteiger partial charge in [0.25, 0.3) is 0 Å². The van der Waals surface area contributed by atoms with E-state index >= 15 is 0 Å². The predicted molar refractivity (Wildman–Crippen MR) is 157 cm³/mol. The molecule has 6 heteroatoms. The highest BCUT2D eigenvalue weighted by molar-refractivity contribution is 6.32. The lowest BCUT2D eigenvalue weighted by Gasteiger charge is -2.36. The zero-order valence-corrected chi connectivity index (χ0v) is 25.2. The topological polar surface area (TPSA) is 51.2 Å². The van der Waals surface area contributed by atoms with Crippen molar-refractivity contribution in [1.82, 2.24) is 4.90 Å². The third-order valence-electron chi connectivity index (χ3n) is 7.34. The van der Waals surface area contributed by atoms with Crippen molar-refractivity contribution in [3.8, 4) is 5.75 Å². The van der Waals surface area contributed by atoms with Gasteiger partial charge >= 0.3 is 0 Å². The van der Waals surface area contributed by atoms with Gasteiger partial charge in [-0.2, -0.15) is 0 Å². The summed E-state index contributed by atoms with van der Waals surface area (Å²) >= 11 is 6.24. The first-order valence-corrected chi connectivity index (χ1v) is 14.0. The zero-order valence-electron chi connectivity index (χ0n) is 24.4. The first kappa shape index (κ1) is 33.4. The van der Waals surface area contributed by atoms with Crippen molar-refractivity contribution in [1.29, 1.82) is 0 Å². The molecule has 1 N–H and O–H groups in total. The van der Waals surface area contributed by atoms with Crippen LogP contribution in [0.5, 0.6) is 5.75 Å². The Kier molecular flexibility index (Phi) is 15.4. The Morgan fingerprint density at radius 3 is 2.51 bits per heavy atom. The van der Waals surface area contributed by atoms with Crippen LogP contribution in [0.4, 0.5) is 0 Å². The molecule has 210 valence electrons. The normalized spacial score (nSPS) is 20.5. The number of methoxy groups -OCH3 is 2. The molecule has 2 rings (SSSR count). The second-order valence-electron chi connectivity index (χ2n) is 9.57. The maximum absolute atomic E-state index is 11.8. The number of rotatable bonds is 14. The van der Waals surface area contributed by atoms with Gasteiger partial charge in [0.2, 0.25) is 0 Å². The summed E-state index contributed by atoms with van der Waals surface area (Å²) in [5, 5.41) is 12.3. The fourth-order valence-corrected chi connectivity index (χ4v) is 5.01. The Morgan fingerprint density at radius 1 is 1.22 bits per heavy atom. The SMILES string of the molecule is C=C/C=C(CN1C(C)CCC1CC(O)(CC)c1ccc(Cl)c(OC)c1)\C(C)=C(\C)COCCOC.CC. The van der Waals surface area contributed by atoms with E-state index in [1.165, 1.54) is 16.7 Å². The number of allylic oxidation sites excluding steroid dienone is 2. The van der Waals surface area contributed by atoms with Crippen molar-refractivity contribution >= 4 is 11.6 Å². The minimum absolute atomic E-state index is 0.260. The molecule has 0 spiro atoms. The van der Waals surface area contributed by atoms with Crippen LogP contribution in [-0.4, -0.2) is 62.7 Å². The molecule has 37 heavy (non-hydrogen) atoms. The second-order valence-corrected chi connectivity index (χ2v) is 9.98. The van der Waals surface area contributed by atoms with E-state index in [0.717, 1.165) is 24.9 Å². The number of ether oxygens (including phenoxy) is 3. The number of benzene rings is 1. The van der Waals surface area contributed by atoms with Crippen molar-refractivity contribution in [2.45, 2.75) is 84.9 Å². The molecule has 0 saturated carbocycles. The summed E-state index contributed by atoms with van der Waals surface area (Å²) in [7, 11) is 3.28. The Bertz CT molecular complexity index is 897. The highest BCUT2D eigenvalue weighted by Crippen LogP contribution is 2.39. The van der Waals surface area contributed by atoms with Gasteiger partial charge < -0.3 is 19.3 Å². The maximum atomic E-state index is 11.8. The van der Waals surface area contributed by atoms with Crippen LogP contribution in [0.15, 0.2) is 53.6 Å². The van der Waals surface area contributed by atoms with Crippen LogP contribution in [0.2, 0.25) is 5.02 Å². The Hall–Kier alpha value is -1.63. The Labute approximate surface area is 231 Å².